The topological polar surface area (TPSA) is 47.1 Å². The number of aromatic nitrogens is 2. The maximum Gasteiger partial charge on any atom is 0.0597 e. The summed E-state index contributed by atoms with van der Waals surface area (Å²) in [6.45, 7) is 6.18. The Morgan fingerprint density at radius 2 is 2.40 bits per heavy atom. The summed E-state index contributed by atoms with van der Waals surface area (Å²) in [6, 6.07) is 2.16. The Hall–Kier alpha value is -0.870. The monoisotopic (exact) mass is 208 g/mol. The van der Waals surface area contributed by atoms with Gasteiger partial charge in [0.05, 0.1) is 11.4 Å². The van der Waals surface area contributed by atoms with Gasteiger partial charge in [0.15, 0.2) is 0 Å². The van der Waals surface area contributed by atoms with Crippen molar-refractivity contribution >= 4 is 0 Å². The molecule has 1 unspecified atom stereocenters. The highest BCUT2D eigenvalue weighted by molar-refractivity contribution is 5.08. The van der Waals surface area contributed by atoms with Crippen LogP contribution in [0.25, 0.3) is 0 Å². The summed E-state index contributed by atoms with van der Waals surface area (Å²) in [4.78, 5) is 2.47. The molecule has 1 aliphatic heterocycles. The summed E-state index contributed by atoms with van der Waals surface area (Å²) >= 11 is 0. The summed E-state index contributed by atoms with van der Waals surface area (Å²) < 4.78 is 1.98. The number of aryl methyl sites for hydroxylation is 2. The molecular weight excluding hydrogens is 188 g/mol. The molecule has 4 nitrogen and oxygen atoms in total. The van der Waals surface area contributed by atoms with Crippen LogP contribution in [0.3, 0.4) is 0 Å². The molecule has 4 heteroatoms. The van der Waals surface area contributed by atoms with Crippen molar-refractivity contribution in [2.75, 3.05) is 19.6 Å². The Morgan fingerprint density at radius 3 is 2.93 bits per heavy atom. The quantitative estimate of drug-likeness (QED) is 0.787. The first-order valence-corrected chi connectivity index (χ1v) is 5.61. The van der Waals surface area contributed by atoms with Gasteiger partial charge in [-0.2, -0.15) is 5.10 Å². The van der Waals surface area contributed by atoms with E-state index in [-0.39, 0.29) is 0 Å². The van der Waals surface area contributed by atoms with Gasteiger partial charge in [-0.3, -0.25) is 9.58 Å². The van der Waals surface area contributed by atoms with E-state index in [0.29, 0.717) is 5.92 Å². The van der Waals surface area contributed by atoms with Gasteiger partial charge in [-0.1, -0.05) is 0 Å². The first-order valence-electron chi connectivity index (χ1n) is 5.61. The van der Waals surface area contributed by atoms with Gasteiger partial charge in [0.2, 0.25) is 0 Å². The van der Waals surface area contributed by atoms with Crippen molar-refractivity contribution in [1.82, 2.24) is 14.7 Å². The lowest BCUT2D eigenvalue weighted by Gasteiger charge is -2.15. The summed E-state index contributed by atoms with van der Waals surface area (Å²) in [5, 5.41) is 4.36. The van der Waals surface area contributed by atoms with Crippen molar-refractivity contribution in [3.05, 3.63) is 17.5 Å². The van der Waals surface area contributed by atoms with E-state index in [2.05, 4.69) is 16.1 Å². The molecule has 84 valence electrons. The highest BCUT2D eigenvalue weighted by atomic mass is 15.3. The molecule has 0 spiro atoms. The van der Waals surface area contributed by atoms with Crippen LogP contribution in [0.1, 0.15) is 17.8 Å². The van der Waals surface area contributed by atoms with Gasteiger partial charge < -0.3 is 5.73 Å². The zero-order valence-corrected chi connectivity index (χ0v) is 9.61. The highest BCUT2D eigenvalue weighted by Crippen LogP contribution is 2.17. The predicted octanol–water partition coefficient (Wildman–Crippen LogP) is 0.509. The van der Waals surface area contributed by atoms with Crippen LogP contribution in [0.15, 0.2) is 6.07 Å². The molecule has 2 rings (SSSR count). The van der Waals surface area contributed by atoms with Crippen molar-refractivity contribution in [1.29, 1.82) is 0 Å². The van der Waals surface area contributed by atoms with Crippen LogP contribution < -0.4 is 5.73 Å². The minimum atomic E-state index is 0.694. The number of rotatable bonds is 3. The lowest BCUT2D eigenvalue weighted by molar-refractivity contribution is 0.308. The van der Waals surface area contributed by atoms with E-state index < -0.39 is 0 Å². The lowest BCUT2D eigenvalue weighted by atomic mass is 10.1. The second-order valence-corrected chi connectivity index (χ2v) is 4.53. The third kappa shape index (κ3) is 2.38. The normalized spacial score (nSPS) is 22.5. The van der Waals surface area contributed by atoms with Crippen LogP contribution in [-0.2, 0) is 13.6 Å². The van der Waals surface area contributed by atoms with E-state index in [9.17, 15) is 0 Å². The fourth-order valence-electron chi connectivity index (χ4n) is 2.29. The van der Waals surface area contributed by atoms with Crippen LogP contribution in [0, 0.1) is 12.8 Å². The molecule has 0 aromatic carbocycles. The van der Waals surface area contributed by atoms with Crippen LogP contribution in [0.5, 0.6) is 0 Å². The first-order chi connectivity index (χ1) is 7.19. The number of hydrogen-bond acceptors (Lipinski definition) is 3. The van der Waals surface area contributed by atoms with Gasteiger partial charge >= 0.3 is 0 Å². The van der Waals surface area contributed by atoms with Crippen LogP contribution >= 0.6 is 0 Å². The number of likely N-dealkylation sites (tertiary alicyclic amines) is 1. The zero-order valence-electron chi connectivity index (χ0n) is 9.61. The summed E-state index contributed by atoms with van der Waals surface area (Å²) in [5.74, 6) is 0.694. The van der Waals surface area contributed by atoms with Gasteiger partial charge in [-0.15, -0.1) is 0 Å². The molecule has 1 aromatic rings. The van der Waals surface area contributed by atoms with Crippen LogP contribution in [0.2, 0.25) is 0 Å². The molecule has 0 amide bonds. The summed E-state index contributed by atoms with van der Waals surface area (Å²) in [6.07, 6.45) is 1.24. The maximum atomic E-state index is 5.68. The fraction of sp³-hybridized carbons (Fsp3) is 0.727. The molecule has 1 saturated heterocycles. The van der Waals surface area contributed by atoms with E-state index in [0.717, 1.165) is 25.3 Å². The van der Waals surface area contributed by atoms with Crippen molar-refractivity contribution in [3.63, 3.8) is 0 Å². The molecule has 1 fully saturated rings. The van der Waals surface area contributed by atoms with Gasteiger partial charge in [0.25, 0.3) is 0 Å². The molecule has 1 atom stereocenters. The molecule has 2 heterocycles. The van der Waals surface area contributed by atoms with Crippen molar-refractivity contribution in [2.45, 2.75) is 19.9 Å². The third-order valence-corrected chi connectivity index (χ3v) is 3.19. The first kappa shape index (κ1) is 10.6. The maximum absolute atomic E-state index is 5.68. The smallest absolute Gasteiger partial charge is 0.0597 e. The number of nitrogens with two attached hydrogens (primary N) is 1. The molecule has 0 radical (unpaired) electrons. The van der Waals surface area contributed by atoms with E-state index in [1.54, 1.807) is 0 Å². The second-order valence-electron chi connectivity index (χ2n) is 4.53. The minimum absolute atomic E-state index is 0.694. The van der Waals surface area contributed by atoms with E-state index in [1.165, 1.54) is 18.7 Å². The Morgan fingerprint density at radius 1 is 1.60 bits per heavy atom. The molecular formula is C11H20N4. The number of hydrogen-bond donors (Lipinski definition) is 1. The van der Waals surface area contributed by atoms with Crippen molar-refractivity contribution in [2.24, 2.45) is 18.7 Å². The third-order valence-electron chi connectivity index (χ3n) is 3.19. The largest absolute Gasteiger partial charge is 0.330 e. The Labute approximate surface area is 91.1 Å². The van der Waals surface area contributed by atoms with Gasteiger partial charge in [0.1, 0.15) is 0 Å². The average Bonchev–Trinajstić information content (AvgIpc) is 2.75. The molecule has 1 aliphatic rings. The number of nitrogens with zero attached hydrogens (tertiary/aromatic N) is 3. The Bertz CT molecular complexity index is 331. The van der Waals surface area contributed by atoms with Crippen LogP contribution in [0.4, 0.5) is 0 Å². The van der Waals surface area contributed by atoms with Gasteiger partial charge in [0, 0.05) is 20.1 Å². The Balaban J connectivity index is 1.95. The molecule has 0 saturated carbocycles. The van der Waals surface area contributed by atoms with Gasteiger partial charge in [-0.05, 0) is 38.4 Å². The minimum Gasteiger partial charge on any atom is -0.330 e. The molecule has 1 aromatic heterocycles. The predicted molar refractivity (Wildman–Crippen MR) is 60.4 cm³/mol. The van der Waals surface area contributed by atoms with Crippen LogP contribution in [-0.4, -0.2) is 34.3 Å². The summed E-state index contributed by atoms with van der Waals surface area (Å²) in [5.41, 5.74) is 8.07. The standard InChI is InChI=1S/C11H20N4/c1-9-5-11(14(2)13-9)8-15-4-3-10(6-12)7-15/h5,10H,3-4,6-8,12H2,1-2H3. The summed E-state index contributed by atoms with van der Waals surface area (Å²) in [7, 11) is 2.01. The van der Waals surface area contributed by atoms with E-state index in [1.807, 2.05) is 18.7 Å². The fourth-order valence-corrected chi connectivity index (χ4v) is 2.29. The zero-order chi connectivity index (χ0) is 10.8. The van der Waals surface area contributed by atoms with E-state index in [4.69, 9.17) is 5.73 Å². The van der Waals surface area contributed by atoms with Crippen molar-refractivity contribution < 1.29 is 0 Å². The molecule has 0 bridgehead atoms. The highest BCUT2D eigenvalue weighted by Gasteiger charge is 2.21. The molecule has 15 heavy (non-hydrogen) atoms. The second kappa shape index (κ2) is 4.33. The average molecular weight is 208 g/mol. The van der Waals surface area contributed by atoms with E-state index >= 15 is 0 Å². The SMILES string of the molecule is Cc1cc(CN2CCC(CN)C2)n(C)n1. The molecule has 2 N–H and O–H groups in total. The van der Waals surface area contributed by atoms with Gasteiger partial charge in [-0.25, -0.2) is 0 Å². The lowest BCUT2D eigenvalue weighted by Crippen LogP contribution is -2.23. The Kier molecular flexibility index (Phi) is 3.07. The molecule has 0 aliphatic carbocycles. The van der Waals surface area contributed by atoms with Crippen molar-refractivity contribution in [3.8, 4) is 0 Å².